The lowest BCUT2D eigenvalue weighted by Crippen LogP contribution is -2.23. The van der Waals surface area contributed by atoms with Crippen LogP contribution in [0.3, 0.4) is 0 Å². The smallest absolute Gasteiger partial charge is 0.128 e. The van der Waals surface area contributed by atoms with Crippen molar-refractivity contribution in [2.75, 3.05) is 6.54 Å². The van der Waals surface area contributed by atoms with Gasteiger partial charge in [0, 0.05) is 22.9 Å². The number of hydrogen-bond acceptors (Lipinski definition) is 2. The van der Waals surface area contributed by atoms with Crippen molar-refractivity contribution in [1.29, 1.82) is 0 Å². The summed E-state index contributed by atoms with van der Waals surface area (Å²) in [5, 5.41) is 3.37. The Hall–Kier alpha value is -0.710. The number of likely N-dealkylation sites (N-methyl/N-ethyl adjacent to an activating group) is 1. The first-order valence-electron chi connectivity index (χ1n) is 6.33. The summed E-state index contributed by atoms with van der Waals surface area (Å²) >= 11 is 5.17. The molecule has 1 aromatic carbocycles. The zero-order valence-electron chi connectivity index (χ0n) is 11.0. The van der Waals surface area contributed by atoms with Crippen LogP contribution in [0.15, 0.2) is 34.1 Å². The Labute approximate surface area is 126 Å². The number of aryl methyl sites for hydroxylation is 1. The average molecular weight is 342 g/mol. The van der Waals surface area contributed by atoms with Crippen molar-refractivity contribution in [1.82, 2.24) is 5.32 Å². The van der Waals surface area contributed by atoms with Gasteiger partial charge in [0.25, 0.3) is 0 Å². The van der Waals surface area contributed by atoms with E-state index < -0.39 is 0 Å². The van der Waals surface area contributed by atoms with Gasteiger partial charge in [-0.2, -0.15) is 0 Å². The lowest BCUT2D eigenvalue weighted by molar-refractivity contribution is 0.512. The summed E-state index contributed by atoms with van der Waals surface area (Å²) in [6, 6.07) is 9.61. The number of rotatable bonds is 5. The maximum absolute atomic E-state index is 14.1. The standard InChI is InChI=1S/C15H17BrFNS/c1-3-18-14(9-11-5-7-15(16)19-11)12-6-4-10(2)8-13(12)17/h4-8,14,18H,3,9H2,1-2H3. The fourth-order valence-electron chi connectivity index (χ4n) is 2.12. The van der Waals surface area contributed by atoms with Crippen molar-refractivity contribution >= 4 is 27.3 Å². The van der Waals surface area contributed by atoms with E-state index in [-0.39, 0.29) is 11.9 Å². The molecule has 0 fully saturated rings. The van der Waals surface area contributed by atoms with Crippen LogP contribution in [0.1, 0.15) is 29.0 Å². The molecule has 0 amide bonds. The van der Waals surface area contributed by atoms with Crippen molar-refractivity contribution in [3.63, 3.8) is 0 Å². The molecule has 0 aliphatic carbocycles. The first kappa shape index (κ1) is 14.7. The minimum atomic E-state index is -0.124. The minimum Gasteiger partial charge on any atom is -0.310 e. The van der Waals surface area contributed by atoms with Crippen LogP contribution in [-0.4, -0.2) is 6.54 Å². The molecule has 19 heavy (non-hydrogen) atoms. The second-order valence-electron chi connectivity index (χ2n) is 4.55. The summed E-state index contributed by atoms with van der Waals surface area (Å²) in [6.45, 7) is 4.78. The molecule has 0 aliphatic heterocycles. The van der Waals surface area contributed by atoms with Gasteiger partial charge in [-0.15, -0.1) is 11.3 Å². The zero-order chi connectivity index (χ0) is 13.8. The summed E-state index contributed by atoms with van der Waals surface area (Å²) in [7, 11) is 0. The van der Waals surface area contributed by atoms with E-state index in [1.807, 2.05) is 32.0 Å². The first-order valence-corrected chi connectivity index (χ1v) is 7.94. The van der Waals surface area contributed by atoms with Gasteiger partial charge >= 0.3 is 0 Å². The molecule has 1 atom stereocenters. The van der Waals surface area contributed by atoms with Gasteiger partial charge in [0.15, 0.2) is 0 Å². The van der Waals surface area contributed by atoms with Crippen LogP contribution >= 0.6 is 27.3 Å². The molecule has 0 aliphatic rings. The zero-order valence-corrected chi connectivity index (χ0v) is 13.4. The summed E-state index contributed by atoms with van der Waals surface area (Å²) in [6.07, 6.45) is 0.810. The molecule has 0 spiro atoms. The molecule has 0 radical (unpaired) electrons. The Balaban J connectivity index is 2.23. The van der Waals surface area contributed by atoms with Crippen molar-refractivity contribution in [2.45, 2.75) is 26.3 Å². The highest BCUT2D eigenvalue weighted by Gasteiger charge is 2.16. The van der Waals surface area contributed by atoms with Gasteiger partial charge in [-0.1, -0.05) is 19.1 Å². The molecular weight excluding hydrogens is 325 g/mol. The molecule has 4 heteroatoms. The summed E-state index contributed by atoms with van der Waals surface area (Å²) in [5.41, 5.74) is 1.70. The second kappa shape index (κ2) is 6.64. The van der Waals surface area contributed by atoms with Gasteiger partial charge in [-0.3, -0.25) is 0 Å². The quantitative estimate of drug-likeness (QED) is 0.819. The summed E-state index contributed by atoms with van der Waals surface area (Å²) in [5.74, 6) is -0.124. The molecule has 1 aromatic heterocycles. The van der Waals surface area contributed by atoms with E-state index in [4.69, 9.17) is 0 Å². The number of benzene rings is 1. The van der Waals surface area contributed by atoms with Crippen LogP contribution in [0.5, 0.6) is 0 Å². The van der Waals surface area contributed by atoms with E-state index >= 15 is 0 Å². The van der Waals surface area contributed by atoms with Crippen LogP contribution in [0.4, 0.5) is 4.39 Å². The predicted octanol–water partition coefficient (Wildman–Crippen LogP) is 4.85. The van der Waals surface area contributed by atoms with Crippen LogP contribution < -0.4 is 5.32 Å². The summed E-state index contributed by atoms with van der Waals surface area (Å²) in [4.78, 5) is 1.25. The average Bonchev–Trinajstić information content (AvgIpc) is 2.74. The molecular formula is C15H17BrFNS. The molecule has 0 saturated carbocycles. The van der Waals surface area contributed by atoms with Crippen LogP contribution in [0.25, 0.3) is 0 Å². The maximum atomic E-state index is 14.1. The highest BCUT2D eigenvalue weighted by Crippen LogP contribution is 2.28. The Bertz CT molecular complexity index is 553. The van der Waals surface area contributed by atoms with Crippen LogP contribution in [-0.2, 0) is 6.42 Å². The maximum Gasteiger partial charge on any atom is 0.128 e. The Morgan fingerprint density at radius 1 is 1.32 bits per heavy atom. The lowest BCUT2D eigenvalue weighted by Gasteiger charge is -2.18. The first-order chi connectivity index (χ1) is 9.10. The normalized spacial score (nSPS) is 12.6. The largest absolute Gasteiger partial charge is 0.310 e. The summed E-state index contributed by atoms with van der Waals surface area (Å²) < 4.78 is 15.2. The third kappa shape index (κ3) is 3.88. The highest BCUT2D eigenvalue weighted by atomic mass is 79.9. The van der Waals surface area contributed by atoms with E-state index in [1.54, 1.807) is 17.4 Å². The van der Waals surface area contributed by atoms with Gasteiger partial charge in [0.1, 0.15) is 5.82 Å². The molecule has 2 aromatic rings. The van der Waals surface area contributed by atoms with E-state index in [1.165, 1.54) is 4.88 Å². The van der Waals surface area contributed by atoms with Crippen LogP contribution in [0.2, 0.25) is 0 Å². The van der Waals surface area contributed by atoms with Gasteiger partial charge in [0.05, 0.1) is 3.79 Å². The number of hydrogen-bond donors (Lipinski definition) is 1. The van der Waals surface area contributed by atoms with E-state index in [0.29, 0.717) is 0 Å². The second-order valence-corrected chi connectivity index (χ2v) is 7.09. The monoisotopic (exact) mass is 341 g/mol. The van der Waals surface area contributed by atoms with Crippen molar-refractivity contribution in [2.24, 2.45) is 0 Å². The van der Waals surface area contributed by atoms with Gasteiger partial charge in [-0.25, -0.2) is 4.39 Å². The lowest BCUT2D eigenvalue weighted by atomic mass is 10.0. The molecule has 1 unspecified atom stereocenters. The van der Waals surface area contributed by atoms with Crippen molar-refractivity contribution in [3.8, 4) is 0 Å². The topological polar surface area (TPSA) is 12.0 Å². The number of nitrogens with one attached hydrogen (secondary N) is 1. The van der Waals surface area contributed by atoms with Gasteiger partial charge in [0.2, 0.25) is 0 Å². The fourth-order valence-corrected chi connectivity index (χ4v) is 3.64. The predicted molar refractivity (Wildman–Crippen MR) is 83.3 cm³/mol. The van der Waals surface area contributed by atoms with E-state index in [9.17, 15) is 4.39 Å². The Morgan fingerprint density at radius 2 is 2.11 bits per heavy atom. The molecule has 0 bridgehead atoms. The van der Waals surface area contributed by atoms with E-state index in [0.717, 1.165) is 27.9 Å². The minimum absolute atomic E-state index is 0.0242. The number of thiophene rings is 1. The Kier molecular flexibility index (Phi) is 5.13. The van der Waals surface area contributed by atoms with Crippen molar-refractivity contribution in [3.05, 3.63) is 55.9 Å². The molecule has 102 valence electrons. The molecule has 1 nitrogen and oxygen atoms in total. The van der Waals surface area contributed by atoms with Crippen LogP contribution in [0, 0.1) is 12.7 Å². The molecule has 1 N–H and O–H groups in total. The van der Waals surface area contributed by atoms with Crippen molar-refractivity contribution < 1.29 is 4.39 Å². The Morgan fingerprint density at radius 3 is 2.68 bits per heavy atom. The van der Waals surface area contributed by atoms with Gasteiger partial charge in [-0.05, 0) is 53.2 Å². The van der Waals surface area contributed by atoms with E-state index in [2.05, 4.69) is 27.3 Å². The highest BCUT2D eigenvalue weighted by molar-refractivity contribution is 9.11. The third-order valence-corrected chi connectivity index (χ3v) is 4.66. The molecule has 2 rings (SSSR count). The number of halogens is 2. The fraction of sp³-hybridized carbons (Fsp3) is 0.333. The molecule has 0 saturated heterocycles. The third-order valence-electron chi connectivity index (χ3n) is 3.02. The SMILES string of the molecule is CCNC(Cc1ccc(Br)s1)c1ccc(C)cc1F. The molecule has 1 heterocycles. The van der Waals surface area contributed by atoms with Gasteiger partial charge < -0.3 is 5.32 Å².